The molecule has 1 unspecified atom stereocenters. The summed E-state index contributed by atoms with van der Waals surface area (Å²) in [6.07, 6.45) is 2.98. The quantitative estimate of drug-likeness (QED) is 0.804. The van der Waals surface area contributed by atoms with E-state index in [9.17, 15) is 4.79 Å². The summed E-state index contributed by atoms with van der Waals surface area (Å²) in [5.74, 6) is -0.847. The molecule has 0 aliphatic carbocycles. The van der Waals surface area contributed by atoms with Gasteiger partial charge in [0.15, 0.2) is 0 Å². The molecule has 16 heavy (non-hydrogen) atoms. The van der Waals surface area contributed by atoms with E-state index in [1.165, 1.54) is 0 Å². The van der Waals surface area contributed by atoms with E-state index in [4.69, 9.17) is 9.84 Å². The van der Waals surface area contributed by atoms with Crippen LogP contribution in [-0.2, 0) is 4.79 Å². The first-order valence-corrected chi connectivity index (χ1v) is 5.51. The second-order valence-electron chi connectivity index (χ2n) is 3.50. The number of ether oxygens (including phenoxy) is 1. The van der Waals surface area contributed by atoms with Crippen molar-refractivity contribution in [2.75, 3.05) is 6.61 Å². The lowest BCUT2D eigenvalue weighted by atomic mass is 9.99. The van der Waals surface area contributed by atoms with Gasteiger partial charge in [-0.2, -0.15) is 0 Å². The molecular weight excluding hydrogens is 206 g/mol. The monoisotopic (exact) mass is 223 g/mol. The molecule has 0 spiro atoms. The Kier molecular flexibility index (Phi) is 4.76. The molecule has 0 fully saturated rings. The number of hydrogen-bond acceptors (Lipinski definition) is 3. The lowest BCUT2D eigenvalue weighted by molar-refractivity contribution is -0.139. The van der Waals surface area contributed by atoms with Gasteiger partial charge in [0.1, 0.15) is 11.7 Å². The largest absolute Gasteiger partial charge is 0.492 e. The lowest BCUT2D eigenvalue weighted by Gasteiger charge is -2.14. The zero-order valence-corrected chi connectivity index (χ0v) is 9.64. The highest BCUT2D eigenvalue weighted by molar-refractivity contribution is 5.76. The summed E-state index contributed by atoms with van der Waals surface area (Å²) >= 11 is 0. The van der Waals surface area contributed by atoms with Crippen molar-refractivity contribution in [3.05, 3.63) is 24.0 Å². The minimum atomic E-state index is -0.846. The fourth-order valence-corrected chi connectivity index (χ4v) is 1.61. The van der Waals surface area contributed by atoms with Crippen LogP contribution in [0.1, 0.15) is 38.3 Å². The number of hydrogen-bond donors (Lipinski definition) is 1. The molecule has 4 nitrogen and oxygen atoms in total. The van der Waals surface area contributed by atoms with E-state index in [-0.39, 0.29) is 0 Å². The molecular formula is C12H17NO3. The van der Waals surface area contributed by atoms with Gasteiger partial charge in [-0.25, -0.2) is 0 Å². The molecule has 1 N–H and O–H groups in total. The molecule has 0 saturated carbocycles. The second kappa shape index (κ2) is 6.10. The predicted octanol–water partition coefficient (Wildman–Crippen LogP) is 2.45. The van der Waals surface area contributed by atoms with Crippen LogP contribution in [0.3, 0.4) is 0 Å². The van der Waals surface area contributed by atoms with Crippen molar-refractivity contribution in [1.29, 1.82) is 0 Å². The van der Waals surface area contributed by atoms with E-state index >= 15 is 0 Å². The van der Waals surface area contributed by atoms with E-state index in [0.29, 0.717) is 24.5 Å². The number of aliphatic carboxylic acids is 1. The summed E-state index contributed by atoms with van der Waals surface area (Å²) in [5.41, 5.74) is 0.527. The second-order valence-corrected chi connectivity index (χ2v) is 3.50. The van der Waals surface area contributed by atoms with Crippen molar-refractivity contribution in [3.63, 3.8) is 0 Å². The average molecular weight is 223 g/mol. The Balaban J connectivity index is 3.02. The van der Waals surface area contributed by atoms with Gasteiger partial charge in [0.2, 0.25) is 0 Å². The summed E-state index contributed by atoms with van der Waals surface area (Å²) in [6.45, 7) is 4.34. The van der Waals surface area contributed by atoms with Crippen LogP contribution in [0.25, 0.3) is 0 Å². The van der Waals surface area contributed by atoms with Gasteiger partial charge in [-0.15, -0.1) is 0 Å². The standard InChI is InChI=1S/C12H17NO3/c1-3-6-9(12(14)15)11-10(16-4-2)7-5-8-13-11/h5,7-9H,3-4,6H2,1-2H3,(H,14,15). The van der Waals surface area contributed by atoms with Crippen LogP contribution in [0.4, 0.5) is 0 Å². The molecule has 1 atom stereocenters. The first-order valence-electron chi connectivity index (χ1n) is 5.51. The van der Waals surface area contributed by atoms with E-state index in [0.717, 1.165) is 6.42 Å². The molecule has 0 radical (unpaired) electrons. The highest BCUT2D eigenvalue weighted by Crippen LogP contribution is 2.28. The molecule has 0 saturated heterocycles. The Labute approximate surface area is 95.3 Å². The summed E-state index contributed by atoms with van der Waals surface area (Å²) in [4.78, 5) is 15.3. The fourth-order valence-electron chi connectivity index (χ4n) is 1.61. The van der Waals surface area contributed by atoms with Gasteiger partial charge in [0, 0.05) is 6.20 Å². The van der Waals surface area contributed by atoms with Crippen LogP contribution >= 0.6 is 0 Å². The minimum Gasteiger partial charge on any atom is -0.492 e. The van der Waals surface area contributed by atoms with E-state index in [2.05, 4.69) is 4.98 Å². The SMILES string of the molecule is CCCC(C(=O)O)c1ncccc1OCC. The Morgan fingerprint density at radius 3 is 2.88 bits per heavy atom. The van der Waals surface area contributed by atoms with Crippen molar-refractivity contribution in [2.24, 2.45) is 0 Å². The maximum Gasteiger partial charge on any atom is 0.312 e. The predicted molar refractivity (Wildman–Crippen MR) is 60.7 cm³/mol. The van der Waals surface area contributed by atoms with Gasteiger partial charge in [-0.3, -0.25) is 9.78 Å². The number of carboxylic acids is 1. The first-order chi connectivity index (χ1) is 7.70. The number of pyridine rings is 1. The van der Waals surface area contributed by atoms with Crippen LogP contribution in [0, 0.1) is 0 Å². The Bertz CT molecular complexity index is 352. The topological polar surface area (TPSA) is 59.4 Å². The fraction of sp³-hybridized carbons (Fsp3) is 0.500. The van der Waals surface area contributed by atoms with Gasteiger partial charge >= 0.3 is 5.97 Å². The third-order valence-electron chi connectivity index (χ3n) is 2.31. The van der Waals surface area contributed by atoms with Crippen molar-refractivity contribution in [2.45, 2.75) is 32.6 Å². The average Bonchev–Trinajstić information content (AvgIpc) is 2.27. The van der Waals surface area contributed by atoms with Gasteiger partial charge < -0.3 is 9.84 Å². The number of rotatable bonds is 6. The minimum absolute atomic E-state index is 0.511. The van der Waals surface area contributed by atoms with Crippen molar-refractivity contribution in [1.82, 2.24) is 4.98 Å². The molecule has 0 aliphatic heterocycles. The number of aromatic nitrogens is 1. The van der Waals surface area contributed by atoms with Gasteiger partial charge in [-0.05, 0) is 25.5 Å². The molecule has 88 valence electrons. The Morgan fingerprint density at radius 2 is 2.31 bits per heavy atom. The summed E-state index contributed by atoms with van der Waals surface area (Å²) in [6, 6.07) is 3.51. The molecule has 0 aliphatic rings. The lowest BCUT2D eigenvalue weighted by Crippen LogP contribution is -2.14. The molecule has 0 bridgehead atoms. The normalized spacial score (nSPS) is 12.1. The van der Waals surface area contributed by atoms with Crippen molar-refractivity contribution < 1.29 is 14.6 Å². The van der Waals surface area contributed by atoms with Gasteiger partial charge in [0.25, 0.3) is 0 Å². The summed E-state index contributed by atoms with van der Waals surface area (Å²) in [7, 11) is 0. The zero-order chi connectivity index (χ0) is 12.0. The maximum absolute atomic E-state index is 11.2. The van der Waals surface area contributed by atoms with Crippen LogP contribution in [-0.4, -0.2) is 22.7 Å². The van der Waals surface area contributed by atoms with Gasteiger partial charge in [-0.1, -0.05) is 13.3 Å². The highest BCUT2D eigenvalue weighted by Gasteiger charge is 2.23. The van der Waals surface area contributed by atoms with E-state index in [1.54, 1.807) is 18.3 Å². The van der Waals surface area contributed by atoms with E-state index < -0.39 is 11.9 Å². The van der Waals surface area contributed by atoms with E-state index in [1.807, 2.05) is 13.8 Å². The first kappa shape index (κ1) is 12.5. The number of carboxylic acid groups (broad SMARTS) is 1. The summed E-state index contributed by atoms with van der Waals surface area (Å²) < 4.78 is 5.39. The molecule has 1 rings (SSSR count). The number of carbonyl (C=O) groups is 1. The van der Waals surface area contributed by atoms with Crippen molar-refractivity contribution in [3.8, 4) is 5.75 Å². The van der Waals surface area contributed by atoms with Crippen LogP contribution in [0.15, 0.2) is 18.3 Å². The summed E-state index contributed by atoms with van der Waals surface area (Å²) in [5, 5.41) is 9.15. The third-order valence-corrected chi connectivity index (χ3v) is 2.31. The third kappa shape index (κ3) is 2.95. The number of nitrogens with zero attached hydrogens (tertiary/aromatic N) is 1. The van der Waals surface area contributed by atoms with Crippen molar-refractivity contribution >= 4 is 5.97 Å². The maximum atomic E-state index is 11.2. The Morgan fingerprint density at radius 1 is 1.56 bits per heavy atom. The van der Waals surface area contributed by atoms with Gasteiger partial charge in [0.05, 0.1) is 12.3 Å². The van der Waals surface area contributed by atoms with Crippen LogP contribution in [0.2, 0.25) is 0 Å². The Hall–Kier alpha value is -1.58. The highest BCUT2D eigenvalue weighted by atomic mass is 16.5. The van der Waals surface area contributed by atoms with Crippen LogP contribution < -0.4 is 4.74 Å². The molecule has 1 heterocycles. The molecule has 0 amide bonds. The molecule has 1 aromatic rings. The smallest absolute Gasteiger partial charge is 0.312 e. The molecule has 1 aromatic heterocycles. The van der Waals surface area contributed by atoms with Crippen LogP contribution in [0.5, 0.6) is 5.75 Å². The molecule has 0 aromatic carbocycles. The molecule has 4 heteroatoms. The zero-order valence-electron chi connectivity index (χ0n) is 9.64.